The van der Waals surface area contributed by atoms with Crippen molar-refractivity contribution in [2.24, 2.45) is 0 Å². The van der Waals surface area contributed by atoms with Crippen LogP contribution in [0.1, 0.15) is 21.1 Å². The summed E-state index contributed by atoms with van der Waals surface area (Å²) in [5.74, 6) is -0.579. The van der Waals surface area contributed by atoms with Crippen molar-refractivity contribution in [2.45, 2.75) is 13.5 Å². The molecule has 0 unspecified atom stereocenters. The Bertz CT molecular complexity index is 582. The third-order valence-electron chi connectivity index (χ3n) is 2.24. The van der Waals surface area contributed by atoms with E-state index in [1.165, 1.54) is 12.3 Å². The molecule has 4 N–H and O–H groups in total. The van der Waals surface area contributed by atoms with Gasteiger partial charge < -0.3 is 16.2 Å². The Balaban J connectivity index is 2.08. The second kappa shape index (κ2) is 5.01. The molecular formula is C11H12N4O2S. The summed E-state index contributed by atoms with van der Waals surface area (Å²) in [4.78, 5) is 19.0. The Morgan fingerprint density at radius 2 is 2.39 bits per heavy atom. The molecular weight excluding hydrogens is 252 g/mol. The van der Waals surface area contributed by atoms with Crippen LogP contribution < -0.4 is 11.1 Å². The van der Waals surface area contributed by atoms with E-state index in [4.69, 9.17) is 10.8 Å². The fourth-order valence-electron chi connectivity index (χ4n) is 1.39. The van der Waals surface area contributed by atoms with Crippen LogP contribution in [-0.2, 0) is 6.54 Å². The lowest BCUT2D eigenvalue weighted by atomic mass is 10.2. The number of hydrogen-bond donors (Lipinski definition) is 3. The lowest BCUT2D eigenvalue weighted by Gasteiger charge is -2.07. The monoisotopic (exact) mass is 264 g/mol. The number of aromatic nitrogens is 2. The molecule has 2 aromatic rings. The number of aromatic carboxylic acids is 1. The van der Waals surface area contributed by atoms with Crippen molar-refractivity contribution in [1.82, 2.24) is 9.97 Å². The Hall–Kier alpha value is -2.15. The third-order valence-corrected chi connectivity index (χ3v) is 3.20. The molecule has 0 bridgehead atoms. The van der Waals surface area contributed by atoms with Crippen molar-refractivity contribution in [3.05, 3.63) is 33.9 Å². The molecule has 0 spiro atoms. The molecule has 18 heavy (non-hydrogen) atoms. The van der Waals surface area contributed by atoms with Gasteiger partial charge in [-0.15, -0.1) is 11.3 Å². The van der Waals surface area contributed by atoms with Gasteiger partial charge in [-0.05, 0) is 13.0 Å². The summed E-state index contributed by atoms with van der Waals surface area (Å²) in [6.07, 6.45) is 1.27. The van der Waals surface area contributed by atoms with Gasteiger partial charge in [0.05, 0.1) is 17.8 Å². The van der Waals surface area contributed by atoms with Crippen LogP contribution in [0.2, 0.25) is 0 Å². The Labute approximate surface area is 108 Å². The summed E-state index contributed by atoms with van der Waals surface area (Å²) in [7, 11) is 0. The number of rotatable bonds is 4. The highest BCUT2D eigenvalue weighted by Gasteiger charge is 2.08. The molecule has 7 heteroatoms. The number of nitrogen functional groups attached to an aromatic ring is 1. The van der Waals surface area contributed by atoms with Gasteiger partial charge in [0.25, 0.3) is 0 Å². The van der Waals surface area contributed by atoms with Crippen molar-refractivity contribution < 1.29 is 9.90 Å². The first-order valence-corrected chi connectivity index (χ1v) is 6.08. The minimum absolute atomic E-state index is 0.0724. The molecule has 0 radical (unpaired) electrons. The van der Waals surface area contributed by atoms with E-state index >= 15 is 0 Å². The van der Waals surface area contributed by atoms with Gasteiger partial charge >= 0.3 is 5.97 Å². The van der Waals surface area contributed by atoms with E-state index in [0.29, 0.717) is 18.1 Å². The molecule has 0 aliphatic carbocycles. The molecule has 94 valence electrons. The molecule has 2 aromatic heterocycles. The SMILES string of the molecule is Cc1csc(CNc2ncc(C(=O)O)cc2N)n1. The smallest absolute Gasteiger partial charge is 0.337 e. The fraction of sp³-hybridized carbons (Fsp3) is 0.182. The number of carboxylic acids is 1. The number of carbonyl (C=O) groups is 1. The van der Waals surface area contributed by atoms with Crippen molar-refractivity contribution >= 4 is 28.8 Å². The van der Waals surface area contributed by atoms with Crippen molar-refractivity contribution in [1.29, 1.82) is 0 Å². The van der Waals surface area contributed by atoms with Crippen LogP contribution in [0.3, 0.4) is 0 Å². The van der Waals surface area contributed by atoms with E-state index in [1.54, 1.807) is 11.3 Å². The van der Waals surface area contributed by atoms with Gasteiger partial charge in [0.2, 0.25) is 0 Å². The highest BCUT2D eigenvalue weighted by atomic mass is 32.1. The van der Waals surface area contributed by atoms with Crippen LogP contribution >= 0.6 is 11.3 Å². The van der Waals surface area contributed by atoms with Crippen LogP contribution in [0, 0.1) is 6.92 Å². The number of pyridine rings is 1. The largest absolute Gasteiger partial charge is 0.478 e. The molecule has 0 amide bonds. The van der Waals surface area contributed by atoms with Gasteiger partial charge in [0.1, 0.15) is 10.8 Å². The normalized spacial score (nSPS) is 10.3. The summed E-state index contributed by atoms with van der Waals surface area (Å²) >= 11 is 1.55. The minimum atomic E-state index is -1.05. The van der Waals surface area contributed by atoms with Gasteiger partial charge in [-0.25, -0.2) is 14.8 Å². The molecule has 0 saturated carbocycles. The summed E-state index contributed by atoms with van der Waals surface area (Å²) in [5, 5.41) is 14.7. The maximum Gasteiger partial charge on any atom is 0.337 e. The van der Waals surface area contributed by atoms with Gasteiger partial charge in [-0.2, -0.15) is 0 Å². The van der Waals surface area contributed by atoms with Crippen molar-refractivity contribution in [2.75, 3.05) is 11.1 Å². The van der Waals surface area contributed by atoms with E-state index < -0.39 is 5.97 Å². The first kappa shape index (κ1) is 12.3. The zero-order chi connectivity index (χ0) is 13.1. The first-order chi connectivity index (χ1) is 8.56. The summed E-state index contributed by atoms with van der Waals surface area (Å²) in [5.41, 5.74) is 7.08. The highest BCUT2D eigenvalue weighted by Crippen LogP contribution is 2.18. The Morgan fingerprint density at radius 3 is 2.94 bits per heavy atom. The van der Waals surface area contributed by atoms with E-state index in [1.807, 2.05) is 12.3 Å². The molecule has 0 aromatic carbocycles. The third kappa shape index (κ3) is 2.75. The molecule has 0 saturated heterocycles. The number of aryl methyl sites for hydroxylation is 1. The molecule has 2 rings (SSSR count). The topological polar surface area (TPSA) is 101 Å². The second-order valence-electron chi connectivity index (χ2n) is 3.70. The predicted octanol–water partition coefficient (Wildman–Crippen LogP) is 1.74. The standard InChI is InChI=1S/C11H12N4O2S/c1-6-5-18-9(15-6)4-14-10-8(12)2-7(3-13-10)11(16)17/h2-3,5H,4,12H2,1H3,(H,13,14)(H,16,17). The first-order valence-electron chi connectivity index (χ1n) is 5.20. The molecule has 0 aliphatic rings. The molecule has 0 fully saturated rings. The van der Waals surface area contributed by atoms with Crippen LogP contribution in [-0.4, -0.2) is 21.0 Å². The number of nitrogens with zero attached hydrogens (tertiary/aromatic N) is 2. The molecule has 0 aliphatic heterocycles. The van der Waals surface area contributed by atoms with Crippen LogP contribution in [0.15, 0.2) is 17.6 Å². The van der Waals surface area contributed by atoms with Crippen molar-refractivity contribution in [3.63, 3.8) is 0 Å². The van der Waals surface area contributed by atoms with E-state index in [0.717, 1.165) is 10.7 Å². The average molecular weight is 264 g/mol. The number of anilines is 2. The number of nitrogens with one attached hydrogen (secondary N) is 1. The van der Waals surface area contributed by atoms with E-state index in [-0.39, 0.29) is 5.56 Å². The van der Waals surface area contributed by atoms with Gasteiger partial charge in [-0.1, -0.05) is 0 Å². The Kier molecular flexibility index (Phi) is 3.42. The zero-order valence-electron chi connectivity index (χ0n) is 9.67. The predicted molar refractivity (Wildman–Crippen MR) is 69.8 cm³/mol. The summed E-state index contributed by atoms with van der Waals surface area (Å²) in [6, 6.07) is 1.38. The molecule has 0 atom stereocenters. The maximum absolute atomic E-state index is 10.7. The Morgan fingerprint density at radius 1 is 1.61 bits per heavy atom. The summed E-state index contributed by atoms with van der Waals surface area (Å²) in [6.45, 7) is 2.44. The van der Waals surface area contributed by atoms with E-state index in [2.05, 4.69) is 15.3 Å². The van der Waals surface area contributed by atoms with Crippen LogP contribution in [0.4, 0.5) is 11.5 Å². The quantitative estimate of drug-likeness (QED) is 0.777. The second-order valence-corrected chi connectivity index (χ2v) is 4.65. The van der Waals surface area contributed by atoms with Gasteiger partial charge in [-0.3, -0.25) is 0 Å². The van der Waals surface area contributed by atoms with Crippen LogP contribution in [0.5, 0.6) is 0 Å². The van der Waals surface area contributed by atoms with Gasteiger partial charge in [0.15, 0.2) is 0 Å². The number of thiazole rings is 1. The maximum atomic E-state index is 10.7. The lowest BCUT2D eigenvalue weighted by molar-refractivity contribution is 0.0696. The lowest BCUT2D eigenvalue weighted by Crippen LogP contribution is -2.07. The summed E-state index contributed by atoms with van der Waals surface area (Å²) < 4.78 is 0. The number of hydrogen-bond acceptors (Lipinski definition) is 6. The molecule has 2 heterocycles. The number of nitrogens with two attached hydrogens (primary N) is 1. The minimum Gasteiger partial charge on any atom is -0.478 e. The van der Waals surface area contributed by atoms with Crippen LogP contribution in [0.25, 0.3) is 0 Å². The number of carboxylic acid groups (broad SMARTS) is 1. The van der Waals surface area contributed by atoms with Gasteiger partial charge in [0, 0.05) is 17.3 Å². The molecule has 6 nitrogen and oxygen atoms in total. The fourth-order valence-corrected chi connectivity index (χ4v) is 2.10. The average Bonchev–Trinajstić information content (AvgIpc) is 2.73. The zero-order valence-corrected chi connectivity index (χ0v) is 10.5. The van der Waals surface area contributed by atoms with Crippen molar-refractivity contribution in [3.8, 4) is 0 Å². The highest BCUT2D eigenvalue weighted by molar-refractivity contribution is 7.09. The van der Waals surface area contributed by atoms with E-state index in [9.17, 15) is 4.79 Å².